The van der Waals surface area contributed by atoms with Crippen molar-refractivity contribution in [2.45, 2.75) is 26.0 Å². The van der Waals surface area contributed by atoms with Crippen LogP contribution in [0.4, 0.5) is 0 Å². The highest BCUT2D eigenvalue weighted by molar-refractivity contribution is 5.76. The van der Waals surface area contributed by atoms with Crippen molar-refractivity contribution in [2.75, 3.05) is 19.7 Å². The number of H-pyrrole nitrogens is 1. The van der Waals surface area contributed by atoms with Crippen LogP contribution in [0, 0.1) is 0 Å². The molecule has 0 aliphatic carbocycles. The summed E-state index contributed by atoms with van der Waals surface area (Å²) in [7, 11) is 0. The van der Waals surface area contributed by atoms with Gasteiger partial charge in [-0.1, -0.05) is 13.0 Å². The van der Waals surface area contributed by atoms with Gasteiger partial charge in [0.15, 0.2) is 5.82 Å². The summed E-state index contributed by atoms with van der Waals surface area (Å²) in [4.78, 5) is 30.2. The molecule has 1 fully saturated rings. The summed E-state index contributed by atoms with van der Waals surface area (Å²) in [5, 5.41) is 7.00. The molecule has 122 valence electrons. The van der Waals surface area contributed by atoms with Gasteiger partial charge in [-0.2, -0.15) is 5.10 Å². The molecule has 0 spiro atoms. The number of hydrogen-bond donors (Lipinski definition) is 1. The summed E-state index contributed by atoms with van der Waals surface area (Å²) in [6.45, 7) is 3.33. The lowest BCUT2D eigenvalue weighted by Gasteiger charge is -2.31. The Kier molecular flexibility index (Phi) is 4.52. The third-order valence-corrected chi connectivity index (χ3v) is 3.80. The van der Waals surface area contributed by atoms with Crippen LogP contribution in [0.15, 0.2) is 29.2 Å². The summed E-state index contributed by atoms with van der Waals surface area (Å²) in [6.07, 6.45) is 2.04. The Balaban J connectivity index is 1.67. The molecule has 1 N–H and O–H groups in total. The SMILES string of the molecule is CCc1nc(C2CN(C(=O)Cn3ccccc3=O)CCO2)n[nH]1. The van der Waals surface area contributed by atoms with Gasteiger partial charge in [0.2, 0.25) is 5.91 Å². The van der Waals surface area contributed by atoms with Crippen molar-refractivity contribution in [1.29, 1.82) is 0 Å². The third kappa shape index (κ3) is 3.48. The summed E-state index contributed by atoms with van der Waals surface area (Å²) in [5.74, 6) is 1.25. The molecule has 3 rings (SSSR count). The van der Waals surface area contributed by atoms with E-state index in [1.54, 1.807) is 23.2 Å². The molecule has 1 aliphatic heterocycles. The summed E-state index contributed by atoms with van der Waals surface area (Å²) < 4.78 is 7.07. The van der Waals surface area contributed by atoms with Gasteiger partial charge in [0.25, 0.3) is 5.56 Å². The van der Waals surface area contributed by atoms with E-state index in [0.717, 1.165) is 12.2 Å². The van der Waals surface area contributed by atoms with Crippen LogP contribution < -0.4 is 5.56 Å². The van der Waals surface area contributed by atoms with E-state index in [1.165, 1.54) is 10.6 Å². The zero-order chi connectivity index (χ0) is 16.2. The van der Waals surface area contributed by atoms with Crippen LogP contribution in [0.5, 0.6) is 0 Å². The number of pyridine rings is 1. The van der Waals surface area contributed by atoms with E-state index in [0.29, 0.717) is 25.5 Å². The maximum absolute atomic E-state index is 12.4. The molecule has 1 amide bonds. The van der Waals surface area contributed by atoms with Crippen molar-refractivity contribution in [3.05, 3.63) is 46.4 Å². The molecule has 0 aromatic carbocycles. The number of aromatic amines is 1. The molecule has 2 aromatic rings. The van der Waals surface area contributed by atoms with E-state index >= 15 is 0 Å². The predicted octanol–water partition coefficient (Wildman–Crippen LogP) is 0.129. The molecule has 0 saturated carbocycles. The second-order valence-electron chi connectivity index (χ2n) is 5.36. The van der Waals surface area contributed by atoms with Crippen LogP contribution >= 0.6 is 0 Å². The highest BCUT2D eigenvalue weighted by atomic mass is 16.5. The smallest absolute Gasteiger partial charge is 0.250 e. The average molecular weight is 317 g/mol. The first-order valence-electron chi connectivity index (χ1n) is 7.63. The van der Waals surface area contributed by atoms with Crippen molar-refractivity contribution < 1.29 is 9.53 Å². The molecule has 1 aliphatic rings. The zero-order valence-corrected chi connectivity index (χ0v) is 12.9. The monoisotopic (exact) mass is 317 g/mol. The van der Waals surface area contributed by atoms with Crippen molar-refractivity contribution in [2.24, 2.45) is 0 Å². The van der Waals surface area contributed by atoms with E-state index in [-0.39, 0.29) is 24.1 Å². The van der Waals surface area contributed by atoms with Gasteiger partial charge in [0.05, 0.1) is 13.2 Å². The van der Waals surface area contributed by atoms with Gasteiger partial charge in [-0.15, -0.1) is 0 Å². The van der Waals surface area contributed by atoms with Crippen LogP contribution in [-0.4, -0.2) is 50.3 Å². The first-order chi connectivity index (χ1) is 11.2. The summed E-state index contributed by atoms with van der Waals surface area (Å²) in [6, 6.07) is 4.83. The highest BCUT2D eigenvalue weighted by Gasteiger charge is 2.28. The van der Waals surface area contributed by atoms with E-state index < -0.39 is 0 Å². The van der Waals surface area contributed by atoms with Crippen molar-refractivity contribution in [3.63, 3.8) is 0 Å². The number of aryl methyl sites for hydroxylation is 1. The number of hydrogen-bond acceptors (Lipinski definition) is 5. The van der Waals surface area contributed by atoms with Crippen molar-refractivity contribution >= 4 is 5.91 Å². The quantitative estimate of drug-likeness (QED) is 0.865. The molecule has 0 bridgehead atoms. The molecule has 3 heterocycles. The Hall–Kier alpha value is -2.48. The van der Waals surface area contributed by atoms with E-state index in [1.807, 2.05) is 6.92 Å². The van der Waals surface area contributed by atoms with Crippen LogP contribution in [-0.2, 0) is 22.5 Å². The average Bonchev–Trinajstić information content (AvgIpc) is 3.06. The lowest BCUT2D eigenvalue weighted by atomic mass is 10.2. The first kappa shape index (κ1) is 15.4. The van der Waals surface area contributed by atoms with Crippen LogP contribution in [0.25, 0.3) is 0 Å². The van der Waals surface area contributed by atoms with Crippen LogP contribution in [0.3, 0.4) is 0 Å². The fraction of sp³-hybridized carbons (Fsp3) is 0.467. The van der Waals surface area contributed by atoms with Gasteiger partial charge in [-0.05, 0) is 6.07 Å². The molecule has 0 radical (unpaired) electrons. The third-order valence-electron chi connectivity index (χ3n) is 3.80. The number of nitrogens with zero attached hydrogens (tertiary/aromatic N) is 4. The fourth-order valence-electron chi connectivity index (χ4n) is 2.48. The minimum Gasteiger partial charge on any atom is -0.366 e. The molecule has 1 atom stereocenters. The number of aromatic nitrogens is 4. The van der Waals surface area contributed by atoms with Crippen LogP contribution in [0.1, 0.15) is 24.7 Å². The number of morpholine rings is 1. The number of carbonyl (C=O) groups excluding carboxylic acids is 1. The Bertz CT molecular complexity index is 738. The number of ether oxygens (including phenoxy) is 1. The molecule has 2 aromatic heterocycles. The van der Waals surface area contributed by atoms with E-state index in [9.17, 15) is 9.59 Å². The predicted molar refractivity (Wildman–Crippen MR) is 81.7 cm³/mol. The van der Waals surface area contributed by atoms with Gasteiger partial charge < -0.3 is 14.2 Å². The number of amides is 1. The van der Waals surface area contributed by atoms with Crippen LogP contribution in [0.2, 0.25) is 0 Å². The topological polar surface area (TPSA) is 93.1 Å². The number of carbonyl (C=O) groups is 1. The Morgan fingerprint density at radius 3 is 3.09 bits per heavy atom. The summed E-state index contributed by atoms with van der Waals surface area (Å²) in [5.41, 5.74) is -0.188. The Labute approximate surface area is 133 Å². The molecule has 1 unspecified atom stereocenters. The second kappa shape index (κ2) is 6.74. The Morgan fingerprint density at radius 2 is 2.35 bits per heavy atom. The molecule has 23 heavy (non-hydrogen) atoms. The largest absolute Gasteiger partial charge is 0.366 e. The molecule has 8 heteroatoms. The Morgan fingerprint density at radius 1 is 1.48 bits per heavy atom. The summed E-state index contributed by atoms with van der Waals surface area (Å²) >= 11 is 0. The van der Waals surface area contributed by atoms with Gasteiger partial charge in [-0.3, -0.25) is 14.7 Å². The number of rotatable bonds is 4. The zero-order valence-electron chi connectivity index (χ0n) is 12.9. The second-order valence-corrected chi connectivity index (χ2v) is 5.36. The van der Waals surface area contributed by atoms with Gasteiger partial charge in [-0.25, -0.2) is 4.98 Å². The highest BCUT2D eigenvalue weighted by Crippen LogP contribution is 2.19. The molecule has 8 nitrogen and oxygen atoms in total. The lowest BCUT2D eigenvalue weighted by molar-refractivity contribution is -0.140. The maximum atomic E-state index is 12.4. The first-order valence-corrected chi connectivity index (χ1v) is 7.63. The molecule has 1 saturated heterocycles. The van der Waals surface area contributed by atoms with E-state index in [2.05, 4.69) is 15.2 Å². The number of nitrogens with one attached hydrogen (secondary N) is 1. The van der Waals surface area contributed by atoms with Gasteiger partial charge in [0.1, 0.15) is 18.5 Å². The van der Waals surface area contributed by atoms with Crippen molar-refractivity contribution in [1.82, 2.24) is 24.6 Å². The normalized spacial score (nSPS) is 18.1. The lowest BCUT2D eigenvalue weighted by Crippen LogP contribution is -2.44. The maximum Gasteiger partial charge on any atom is 0.250 e. The fourth-order valence-corrected chi connectivity index (χ4v) is 2.48. The molecular formula is C15H19N5O3. The van der Waals surface area contributed by atoms with E-state index in [4.69, 9.17) is 4.74 Å². The standard InChI is InChI=1S/C15H19N5O3/c1-2-12-16-15(18-17-12)11-9-20(7-8-23-11)14(22)10-19-6-4-3-5-13(19)21/h3-6,11H,2,7-10H2,1H3,(H,16,17,18). The molecular weight excluding hydrogens is 298 g/mol. The van der Waals surface area contributed by atoms with Gasteiger partial charge in [0, 0.05) is 25.2 Å². The minimum atomic E-state index is -0.336. The van der Waals surface area contributed by atoms with Crippen molar-refractivity contribution in [3.8, 4) is 0 Å². The van der Waals surface area contributed by atoms with Gasteiger partial charge >= 0.3 is 0 Å². The minimum absolute atomic E-state index is 0.0284.